The molecule has 4 nitrogen and oxygen atoms in total. The van der Waals surface area contributed by atoms with E-state index < -0.39 is 0 Å². The van der Waals surface area contributed by atoms with E-state index in [1.807, 2.05) is 0 Å². The van der Waals surface area contributed by atoms with Gasteiger partial charge in [-0.1, -0.05) is 0 Å². The molecule has 1 fully saturated rings. The van der Waals surface area contributed by atoms with E-state index in [9.17, 15) is 0 Å². The van der Waals surface area contributed by atoms with Crippen LogP contribution in [0, 0.1) is 5.92 Å². The molecule has 1 aliphatic rings. The van der Waals surface area contributed by atoms with E-state index in [1.54, 1.807) is 0 Å². The molecule has 0 aliphatic carbocycles. The molecule has 96 valence electrons. The second kappa shape index (κ2) is 8.93. The number of hydrogen-bond acceptors (Lipinski definition) is 4. The molecular weight excluding hydrogens is 204 g/mol. The summed E-state index contributed by atoms with van der Waals surface area (Å²) in [5.41, 5.74) is 0. The Labute approximate surface area is 99.0 Å². The van der Waals surface area contributed by atoms with Crippen LogP contribution in [0.15, 0.2) is 0 Å². The predicted molar refractivity (Wildman–Crippen MR) is 65.6 cm³/mol. The van der Waals surface area contributed by atoms with Gasteiger partial charge in [-0.05, 0) is 51.9 Å². The molecule has 1 rings (SSSR count). The van der Waals surface area contributed by atoms with Gasteiger partial charge in [0, 0.05) is 6.54 Å². The van der Waals surface area contributed by atoms with Crippen LogP contribution in [-0.4, -0.2) is 63.1 Å². The fourth-order valence-electron chi connectivity index (χ4n) is 2.07. The summed E-state index contributed by atoms with van der Waals surface area (Å²) in [6.07, 6.45) is 3.96. The van der Waals surface area contributed by atoms with Crippen molar-refractivity contribution in [3.63, 3.8) is 0 Å². The third kappa shape index (κ3) is 6.43. The first-order valence-corrected chi connectivity index (χ1v) is 6.41. The lowest BCUT2D eigenvalue weighted by Crippen LogP contribution is -2.31. The van der Waals surface area contributed by atoms with Crippen LogP contribution in [0.2, 0.25) is 0 Å². The monoisotopic (exact) mass is 230 g/mol. The number of likely N-dealkylation sites (N-methyl/N-ethyl adjacent to an activating group) is 1. The summed E-state index contributed by atoms with van der Waals surface area (Å²) in [7, 11) is 2.14. The minimum absolute atomic E-state index is 0.124. The van der Waals surface area contributed by atoms with E-state index in [4.69, 9.17) is 9.84 Å². The molecule has 1 saturated heterocycles. The molecule has 0 unspecified atom stereocenters. The van der Waals surface area contributed by atoms with Gasteiger partial charge in [0.2, 0.25) is 0 Å². The minimum Gasteiger partial charge on any atom is -0.394 e. The molecule has 1 aliphatic heterocycles. The van der Waals surface area contributed by atoms with Gasteiger partial charge in [0.05, 0.1) is 19.8 Å². The van der Waals surface area contributed by atoms with E-state index in [0.717, 1.165) is 25.6 Å². The summed E-state index contributed by atoms with van der Waals surface area (Å²) in [5, 5.41) is 12.0. The number of rotatable bonds is 8. The molecule has 16 heavy (non-hydrogen) atoms. The number of aliphatic hydroxyl groups excluding tert-OH is 1. The van der Waals surface area contributed by atoms with Crippen LogP contribution in [0.25, 0.3) is 0 Å². The van der Waals surface area contributed by atoms with Crippen molar-refractivity contribution in [3.05, 3.63) is 0 Å². The maximum Gasteiger partial charge on any atom is 0.0698 e. The number of piperidine rings is 1. The van der Waals surface area contributed by atoms with Gasteiger partial charge in [-0.15, -0.1) is 0 Å². The number of aliphatic hydroxyl groups is 1. The largest absolute Gasteiger partial charge is 0.394 e. The van der Waals surface area contributed by atoms with Gasteiger partial charge in [0.15, 0.2) is 0 Å². The first-order valence-electron chi connectivity index (χ1n) is 6.41. The lowest BCUT2D eigenvalue weighted by atomic mass is 9.94. The molecule has 0 aromatic heterocycles. The van der Waals surface area contributed by atoms with Crippen LogP contribution in [0.5, 0.6) is 0 Å². The highest BCUT2D eigenvalue weighted by Gasteiger charge is 2.13. The zero-order valence-electron chi connectivity index (χ0n) is 10.5. The third-order valence-corrected chi connectivity index (χ3v) is 3.23. The maximum atomic E-state index is 8.56. The number of nitrogens with one attached hydrogen (secondary N) is 1. The fourth-order valence-corrected chi connectivity index (χ4v) is 2.07. The van der Waals surface area contributed by atoms with Gasteiger partial charge in [-0.3, -0.25) is 0 Å². The van der Waals surface area contributed by atoms with E-state index in [0.29, 0.717) is 6.61 Å². The summed E-state index contributed by atoms with van der Waals surface area (Å²) in [6.45, 7) is 5.81. The van der Waals surface area contributed by atoms with Crippen molar-refractivity contribution in [2.45, 2.75) is 19.3 Å². The van der Waals surface area contributed by atoms with Crippen molar-refractivity contribution in [2.75, 3.05) is 53.0 Å². The predicted octanol–water partition coefficient (Wildman–Crippen LogP) is 0.317. The first-order chi connectivity index (χ1) is 7.83. The Morgan fingerprint density at radius 1 is 1.25 bits per heavy atom. The molecule has 0 bridgehead atoms. The Bertz CT molecular complexity index is 161. The molecule has 1 heterocycles. The lowest BCUT2D eigenvalue weighted by Gasteiger charge is -2.25. The van der Waals surface area contributed by atoms with Gasteiger partial charge in [-0.2, -0.15) is 0 Å². The Hall–Kier alpha value is -0.160. The van der Waals surface area contributed by atoms with Crippen LogP contribution in [0.1, 0.15) is 19.3 Å². The van der Waals surface area contributed by atoms with Crippen molar-refractivity contribution in [1.82, 2.24) is 10.2 Å². The van der Waals surface area contributed by atoms with E-state index in [2.05, 4.69) is 17.3 Å². The SMILES string of the molecule is CN(CCOCCO)CCC1CCNCC1. The van der Waals surface area contributed by atoms with Gasteiger partial charge in [-0.25, -0.2) is 0 Å². The molecule has 0 radical (unpaired) electrons. The maximum absolute atomic E-state index is 8.56. The van der Waals surface area contributed by atoms with Gasteiger partial charge in [0.25, 0.3) is 0 Å². The van der Waals surface area contributed by atoms with Crippen molar-refractivity contribution in [3.8, 4) is 0 Å². The quantitative estimate of drug-likeness (QED) is 0.589. The fraction of sp³-hybridized carbons (Fsp3) is 1.00. The van der Waals surface area contributed by atoms with Crippen LogP contribution in [-0.2, 0) is 4.74 Å². The highest BCUT2D eigenvalue weighted by atomic mass is 16.5. The van der Waals surface area contributed by atoms with Crippen molar-refractivity contribution in [1.29, 1.82) is 0 Å². The number of hydrogen-bond donors (Lipinski definition) is 2. The number of ether oxygens (including phenoxy) is 1. The second-order valence-electron chi connectivity index (χ2n) is 4.62. The molecule has 0 aromatic rings. The Morgan fingerprint density at radius 2 is 2.00 bits per heavy atom. The summed E-state index contributed by atoms with van der Waals surface area (Å²) in [6, 6.07) is 0. The average molecular weight is 230 g/mol. The third-order valence-electron chi connectivity index (χ3n) is 3.23. The lowest BCUT2D eigenvalue weighted by molar-refractivity contribution is 0.0772. The molecular formula is C12H26N2O2. The topological polar surface area (TPSA) is 44.7 Å². The molecule has 0 atom stereocenters. The highest BCUT2D eigenvalue weighted by molar-refractivity contribution is 4.69. The minimum atomic E-state index is 0.124. The number of nitrogens with zero attached hydrogens (tertiary/aromatic N) is 1. The normalized spacial score (nSPS) is 18.2. The van der Waals surface area contributed by atoms with Crippen molar-refractivity contribution >= 4 is 0 Å². The van der Waals surface area contributed by atoms with Crippen LogP contribution >= 0.6 is 0 Å². The van der Waals surface area contributed by atoms with Crippen LogP contribution < -0.4 is 5.32 Å². The van der Waals surface area contributed by atoms with Crippen LogP contribution in [0.3, 0.4) is 0 Å². The summed E-state index contributed by atoms with van der Waals surface area (Å²) in [5.74, 6) is 0.905. The summed E-state index contributed by atoms with van der Waals surface area (Å²) < 4.78 is 5.24. The smallest absolute Gasteiger partial charge is 0.0698 e. The molecule has 0 aromatic carbocycles. The highest BCUT2D eigenvalue weighted by Crippen LogP contribution is 2.15. The van der Waals surface area contributed by atoms with Crippen LogP contribution in [0.4, 0.5) is 0 Å². The molecule has 0 saturated carbocycles. The molecule has 0 spiro atoms. The Kier molecular flexibility index (Phi) is 7.76. The van der Waals surface area contributed by atoms with Gasteiger partial charge < -0.3 is 20.1 Å². The first kappa shape index (κ1) is 13.9. The zero-order valence-corrected chi connectivity index (χ0v) is 10.5. The molecule has 4 heteroatoms. The zero-order chi connectivity index (χ0) is 11.6. The standard InChI is InChI=1S/C12H26N2O2/c1-14(8-10-16-11-9-15)7-4-12-2-5-13-6-3-12/h12-13,15H,2-11H2,1H3. The average Bonchev–Trinajstić information content (AvgIpc) is 2.33. The van der Waals surface area contributed by atoms with Gasteiger partial charge in [0.1, 0.15) is 0 Å². The summed E-state index contributed by atoms with van der Waals surface area (Å²) in [4.78, 5) is 2.32. The summed E-state index contributed by atoms with van der Waals surface area (Å²) >= 11 is 0. The molecule has 0 amide bonds. The second-order valence-corrected chi connectivity index (χ2v) is 4.62. The molecule has 2 N–H and O–H groups in total. The Morgan fingerprint density at radius 3 is 2.69 bits per heavy atom. The van der Waals surface area contributed by atoms with E-state index >= 15 is 0 Å². The van der Waals surface area contributed by atoms with Gasteiger partial charge >= 0.3 is 0 Å². The van der Waals surface area contributed by atoms with Crippen molar-refractivity contribution in [2.24, 2.45) is 5.92 Å². The Balaban J connectivity index is 1.94. The van der Waals surface area contributed by atoms with E-state index in [1.165, 1.54) is 32.4 Å². The van der Waals surface area contributed by atoms with Crippen molar-refractivity contribution < 1.29 is 9.84 Å². The van der Waals surface area contributed by atoms with E-state index in [-0.39, 0.29) is 6.61 Å².